The molecule has 2 heterocycles. The molecule has 2 aromatic rings. The van der Waals surface area contributed by atoms with Crippen LogP contribution in [0.3, 0.4) is 0 Å². The number of aromatic nitrogens is 2. The van der Waals surface area contributed by atoms with Crippen molar-refractivity contribution in [1.82, 2.24) is 20.4 Å². The number of nitrogens with zero attached hydrogens (tertiary/aromatic N) is 2. The Kier molecular flexibility index (Phi) is 2.76. The highest BCUT2D eigenvalue weighted by molar-refractivity contribution is 5.97. The first-order valence-electron chi connectivity index (χ1n) is 6.17. The lowest BCUT2D eigenvalue weighted by atomic mass is 10.1. The lowest BCUT2D eigenvalue weighted by molar-refractivity contribution is 0.0744. The molecule has 1 aromatic carbocycles. The van der Waals surface area contributed by atoms with Gasteiger partial charge in [-0.15, -0.1) is 0 Å². The Morgan fingerprint density at radius 1 is 1.50 bits per heavy atom. The molecule has 5 heteroatoms. The maximum atomic E-state index is 12.4. The van der Waals surface area contributed by atoms with Crippen molar-refractivity contribution in [2.45, 2.75) is 12.5 Å². The molecule has 1 amide bonds. The molecule has 0 saturated carbocycles. The molecule has 1 saturated heterocycles. The standard InChI is InChI=1S/C13H16N4O/c1-17(11-4-5-14-8-11)13(18)9-2-3-10-7-15-16-12(10)6-9/h2-3,6-7,11,14H,4-5,8H2,1H3,(H,15,16). The van der Waals surface area contributed by atoms with Crippen molar-refractivity contribution in [3.63, 3.8) is 0 Å². The van der Waals surface area contributed by atoms with Gasteiger partial charge < -0.3 is 10.2 Å². The van der Waals surface area contributed by atoms with E-state index < -0.39 is 0 Å². The van der Waals surface area contributed by atoms with Crippen LogP contribution < -0.4 is 5.32 Å². The van der Waals surface area contributed by atoms with E-state index in [1.807, 2.05) is 30.1 Å². The Morgan fingerprint density at radius 3 is 3.17 bits per heavy atom. The SMILES string of the molecule is CN(C(=O)c1ccc2cn[nH]c2c1)C1CCNC1. The van der Waals surface area contributed by atoms with E-state index in [1.165, 1.54) is 0 Å². The Hall–Kier alpha value is -1.88. The van der Waals surface area contributed by atoms with E-state index in [2.05, 4.69) is 15.5 Å². The predicted molar refractivity (Wildman–Crippen MR) is 69.5 cm³/mol. The number of benzene rings is 1. The molecular formula is C13H16N4O. The van der Waals surface area contributed by atoms with Crippen molar-refractivity contribution >= 4 is 16.8 Å². The maximum Gasteiger partial charge on any atom is 0.253 e. The van der Waals surface area contributed by atoms with Gasteiger partial charge in [0, 0.05) is 30.6 Å². The van der Waals surface area contributed by atoms with Gasteiger partial charge in [0.25, 0.3) is 5.91 Å². The lowest BCUT2D eigenvalue weighted by Crippen LogP contribution is -2.38. The fraction of sp³-hybridized carbons (Fsp3) is 0.385. The van der Waals surface area contributed by atoms with Crippen LogP contribution in [0, 0.1) is 0 Å². The van der Waals surface area contributed by atoms with E-state index in [9.17, 15) is 4.79 Å². The van der Waals surface area contributed by atoms with Crippen LogP contribution in [-0.4, -0.2) is 47.2 Å². The van der Waals surface area contributed by atoms with Crippen molar-refractivity contribution in [3.8, 4) is 0 Å². The van der Waals surface area contributed by atoms with Gasteiger partial charge in [0.2, 0.25) is 0 Å². The van der Waals surface area contributed by atoms with Gasteiger partial charge in [0.05, 0.1) is 11.7 Å². The Labute approximate surface area is 105 Å². The molecule has 5 nitrogen and oxygen atoms in total. The van der Waals surface area contributed by atoms with Gasteiger partial charge in [-0.05, 0) is 25.1 Å². The van der Waals surface area contributed by atoms with Crippen molar-refractivity contribution in [2.75, 3.05) is 20.1 Å². The highest BCUT2D eigenvalue weighted by Gasteiger charge is 2.24. The van der Waals surface area contributed by atoms with Crippen molar-refractivity contribution in [1.29, 1.82) is 0 Å². The molecule has 2 N–H and O–H groups in total. The van der Waals surface area contributed by atoms with Gasteiger partial charge in [0.1, 0.15) is 0 Å². The molecule has 1 aliphatic heterocycles. The first-order valence-corrected chi connectivity index (χ1v) is 6.17. The molecule has 1 aliphatic rings. The van der Waals surface area contributed by atoms with Gasteiger partial charge in [0.15, 0.2) is 0 Å². The van der Waals surface area contributed by atoms with E-state index >= 15 is 0 Å². The molecule has 0 bridgehead atoms. The molecule has 94 valence electrons. The number of H-pyrrole nitrogens is 1. The number of nitrogens with one attached hydrogen (secondary N) is 2. The normalized spacial score (nSPS) is 19.3. The Morgan fingerprint density at radius 2 is 2.39 bits per heavy atom. The summed E-state index contributed by atoms with van der Waals surface area (Å²) >= 11 is 0. The third kappa shape index (κ3) is 1.86. The molecule has 3 rings (SSSR count). The molecule has 0 radical (unpaired) electrons. The van der Waals surface area contributed by atoms with Crippen LogP contribution in [0.4, 0.5) is 0 Å². The fourth-order valence-electron chi connectivity index (χ4n) is 2.41. The monoisotopic (exact) mass is 244 g/mol. The smallest absolute Gasteiger partial charge is 0.253 e. The number of fused-ring (bicyclic) bond motifs is 1. The Balaban J connectivity index is 1.86. The topological polar surface area (TPSA) is 61.0 Å². The Bertz CT molecular complexity index is 571. The van der Waals surface area contributed by atoms with Crippen LogP contribution in [0.2, 0.25) is 0 Å². The second-order valence-electron chi connectivity index (χ2n) is 4.73. The van der Waals surface area contributed by atoms with E-state index in [4.69, 9.17) is 0 Å². The van der Waals surface area contributed by atoms with Crippen LogP contribution in [0.1, 0.15) is 16.8 Å². The second-order valence-corrected chi connectivity index (χ2v) is 4.73. The summed E-state index contributed by atoms with van der Waals surface area (Å²) in [7, 11) is 1.87. The quantitative estimate of drug-likeness (QED) is 0.828. The molecule has 1 aromatic heterocycles. The predicted octanol–water partition coefficient (Wildman–Crippen LogP) is 0.997. The number of aromatic amines is 1. The van der Waals surface area contributed by atoms with E-state index in [0.717, 1.165) is 30.4 Å². The fourth-order valence-corrected chi connectivity index (χ4v) is 2.41. The summed E-state index contributed by atoms with van der Waals surface area (Å²) in [6, 6.07) is 5.95. The van der Waals surface area contributed by atoms with Crippen LogP contribution in [0.5, 0.6) is 0 Å². The number of carbonyl (C=O) groups excluding carboxylic acids is 1. The first kappa shape index (κ1) is 11.2. The summed E-state index contributed by atoms with van der Waals surface area (Å²) in [5.41, 5.74) is 1.61. The van der Waals surface area contributed by atoms with Crippen LogP contribution in [0.15, 0.2) is 24.4 Å². The minimum absolute atomic E-state index is 0.0696. The molecule has 0 aliphatic carbocycles. The second kappa shape index (κ2) is 4.42. The van der Waals surface area contributed by atoms with Crippen molar-refractivity contribution in [2.24, 2.45) is 0 Å². The number of likely N-dealkylation sites (N-methyl/N-ethyl adjacent to an activating group) is 1. The van der Waals surface area contributed by atoms with Gasteiger partial charge in [-0.3, -0.25) is 9.89 Å². The summed E-state index contributed by atoms with van der Waals surface area (Å²) in [4.78, 5) is 14.2. The minimum atomic E-state index is 0.0696. The third-order valence-corrected chi connectivity index (χ3v) is 3.59. The van der Waals surface area contributed by atoms with Crippen molar-refractivity contribution in [3.05, 3.63) is 30.0 Å². The van der Waals surface area contributed by atoms with Gasteiger partial charge in [-0.1, -0.05) is 6.07 Å². The molecule has 0 spiro atoms. The number of hydrogen-bond donors (Lipinski definition) is 2. The summed E-state index contributed by atoms with van der Waals surface area (Å²) in [5.74, 6) is 0.0696. The van der Waals surface area contributed by atoms with Gasteiger partial charge in [-0.2, -0.15) is 5.10 Å². The van der Waals surface area contributed by atoms with Crippen molar-refractivity contribution < 1.29 is 4.79 Å². The largest absolute Gasteiger partial charge is 0.337 e. The molecule has 1 unspecified atom stereocenters. The zero-order valence-corrected chi connectivity index (χ0v) is 10.3. The maximum absolute atomic E-state index is 12.4. The number of rotatable bonds is 2. The first-order chi connectivity index (χ1) is 8.75. The van der Waals surface area contributed by atoms with Gasteiger partial charge >= 0.3 is 0 Å². The van der Waals surface area contributed by atoms with E-state index in [0.29, 0.717) is 11.6 Å². The van der Waals surface area contributed by atoms with Crippen LogP contribution in [-0.2, 0) is 0 Å². The number of amides is 1. The molecule has 1 atom stereocenters. The third-order valence-electron chi connectivity index (χ3n) is 3.59. The highest BCUT2D eigenvalue weighted by Crippen LogP contribution is 2.16. The van der Waals surface area contributed by atoms with Crippen LogP contribution >= 0.6 is 0 Å². The summed E-state index contributed by atoms with van der Waals surface area (Å²) in [6.07, 6.45) is 2.78. The highest BCUT2D eigenvalue weighted by atomic mass is 16.2. The number of hydrogen-bond acceptors (Lipinski definition) is 3. The summed E-state index contributed by atoms with van der Waals surface area (Å²) < 4.78 is 0. The van der Waals surface area contributed by atoms with Crippen LogP contribution in [0.25, 0.3) is 10.9 Å². The van der Waals surface area contributed by atoms with E-state index in [1.54, 1.807) is 6.20 Å². The van der Waals surface area contributed by atoms with Gasteiger partial charge in [-0.25, -0.2) is 0 Å². The molecule has 1 fully saturated rings. The zero-order chi connectivity index (χ0) is 12.5. The average molecular weight is 244 g/mol. The average Bonchev–Trinajstić information content (AvgIpc) is 3.06. The minimum Gasteiger partial charge on any atom is -0.337 e. The van der Waals surface area contributed by atoms with E-state index in [-0.39, 0.29) is 5.91 Å². The summed E-state index contributed by atoms with van der Waals surface area (Å²) in [5, 5.41) is 11.2. The summed E-state index contributed by atoms with van der Waals surface area (Å²) in [6.45, 7) is 1.87. The molecular weight excluding hydrogens is 228 g/mol. The molecule has 18 heavy (non-hydrogen) atoms. The lowest BCUT2D eigenvalue weighted by Gasteiger charge is -2.23. The zero-order valence-electron chi connectivity index (χ0n) is 10.3. The number of carbonyl (C=O) groups is 1.